The molecule has 0 spiro atoms. The summed E-state index contributed by atoms with van der Waals surface area (Å²) in [5.74, 6) is -0.00884. The third kappa shape index (κ3) is 1.55. The van der Waals surface area contributed by atoms with Gasteiger partial charge >= 0.3 is 0 Å². The number of rotatable bonds is 1. The maximum atomic E-state index is 11.7. The Morgan fingerprint density at radius 3 is 3.15 bits per heavy atom. The summed E-state index contributed by atoms with van der Waals surface area (Å²) in [6.07, 6.45) is 3.93. The number of aromatic nitrogens is 2. The minimum absolute atomic E-state index is 0.00884. The van der Waals surface area contributed by atoms with Crippen molar-refractivity contribution < 1.29 is 4.79 Å². The van der Waals surface area contributed by atoms with Gasteiger partial charge in [-0.15, -0.1) is 0 Å². The van der Waals surface area contributed by atoms with Gasteiger partial charge in [-0.3, -0.25) is 4.79 Å². The van der Waals surface area contributed by atoms with Crippen molar-refractivity contribution in [3.8, 4) is 0 Å². The van der Waals surface area contributed by atoms with Crippen LogP contribution in [0.1, 0.15) is 16.9 Å². The van der Waals surface area contributed by atoms with E-state index < -0.39 is 0 Å². The van der Waals surface area contributed by atoms with Crippen LogP contribution >= 0.6 is 0 Å². The van der Waals surface area contributed by atoms with E-state index >= 15 is 0 Å². The quantitative estimate of drug-likeness (QED) is 0.616. The van der Waals surface area contributed by atoms with E-state index in [2.05, 4.69) is 9.97 Å². The first-order valence-electron chi connectivity index (χ1n) is 4.30. The van der Waals surface area contributed by atoms with E-state index in [1.165, 1.54) is 12.5 Å². The summed E-state index contributed by atoms with van der Waals surface area (Å²) in [5.41, 5.74) is 6.23. The fraction of sp³-hybridized carbons (Fsp3) is 0.500. The molecular weight excluding hydrogens is 168 g/mol. The highest BCUT2D eigenvalue weighted by molar-refractivity contribution is 5.92. The van der Waals surface area contributed by atoms with Gasteiger partial charge in [0.15, 0.2) is 0 Å². The lowest BCUT2D eigenvalue weighted by molar-refractivity contribution is 0.0785. The Morgan fingerprint density at radius 2 is 2.62 bits per heavy atom. The summed E-state index contributed by atoms with van der Waals surface area (Å²) in [7, 11) is 0. The van der Waals surface area contributed by atoms with Gasteiger partial charge in [0, 0.05) is 19.1 Å². The smallest absolute Gasteiger partial charge is 0.271 e. The maximum Gasteiger partial charge on any atom is 0.271 e. The van der Waals surface area contributed by atoms with Crippen molar-refractivity contribution in [1.29, 1.82) is 0 Å². The van der Waals surface area contributed by atoms with E-state index in [-0.39, 0.29) is 11.9 Å². The van der Waals surface area contributed by atoms with E-state index in [1.54, 1.807) is 4.90 Å². The van der Waals surface area contributed by atoms with Crippen molar-refractivity contribution in [3.63, 3.8) is 0 Å². The largest absolute Gasteiger partial charge is 0.341 e. The van der Waals surface area contributed by atoms with Crippen molar-refractivity contribution in [2.24, 2.45) is 5.73 Å². The van der Waals surface area contributed by atoms with Crippen LogP contribution in [0, 0.1) is 0 Å². The Labute approximate surface area is 75.9 Å². The zero-order valence-electron chi connectivity index (χ0n) is 7.23. The summed E-state index contributed by atoms with van der Waals surface area (Å²) in [4.78, 5) is 20.0. The molecular formula is C8H12N4O. The molecule has 70 valence electrons. The fourth-order valence-corrected chi connectivity index (χ4v) is 1.51. The number of carbonyl (C=O) groups is 1. The molecule has 5 nitrogen and oxygen atoms in total. The number of hydrogen-bond acceptors (Lipinski definition) is 3. The SMILES string of the molecule is NC1CCN(C(=O)c2cnc[nH]2)C1. The second-order valence-corrected chi connectivity index (χ2v) is 3.27. The minimum atomic E-state index is -0.00884. The third-order valence-corrected chi connectivity index (χ3v) is 2.24. The van der Waals surface area contributed by atoms with Crippen LogP contribution < -0.4 is 5.73 Å². The maximum absolute atomic E-state index is 11.7. The number of imidazole rings is 1. The number of likely N-dealkylation sites (tertiary alicyclic amines) is 1. The van der Waals surface area contributed by atoms with Crippen LogP contribution in [0.5, 0.6) is 0 Å². The molecule has 0 aliphatic carbocycles. The number of nitrogens with two attached hydrogens (primary N) is 1. The van der Waals surface area contributed by atoms with Gasteiger partial charge in [-0.2, -0.15) is 0 Å². The molecule has 2 heterocycles. The molecule has 0 radical (unpaired) electrons. The molecule has 3 N–H and O–H groups in total. The molecule has 1 unspecified atom stereocenters. The van der Waals surface area contributed by atoms with Gasteiger partial charge in [-0.1, -0.05) is 0 Å². The zero-order chi connectivity index (χ0) is 9.26. The molecule has 1 aromatic heterocycles. The van der Waals surface area contributed by atoms with Crippen molar-refractivity contribution in [2.45, 2.75) is 12.5 Å². The normalized spacial score (nSPS) is 22.2. The van der Waals surface area contributed by atoms with Crippen molar-refractivity contribution in [3.05, 3.63) is 18.2 Å². The van der Waals surface area contributed by atoms with Crippen molar-refractivity contribution in [2.75, 3.05) is 13.1 Å². The molecule has 1 aliphatic heterocycles. The van der Waals surface area contributed by atoms with Crippen LogP contribution in [-0.4, -0.2) is 39.9 Å². The molecule has 0 aromatic carbocycles. The highest BCUT2D eigenvalue weighted by atomic mass is 16.2. The van der Waals surface area contributed by atoms with Gasteiger partial charge in [0.05, 0.1) is 12.5 Å². The lowest BCUT2D eigenvalue weighted by Crippen LogP contribution is -2.32. The second-order valence-electron chi connectivity index (χ2n) is 3.27. The van der Waals surface area contributed by atoms with E-state index in [4.69, 9.17) is 5.73 Å². The zero-order valence-corrected chi connectivity index (χ0v) is 7.23. The van der Waals surface area contributed by atoms with E-state index in [1.807, 2.05) is 0 Å². The highest BCUT2D eigenvalue weighted by Gasteiger charge is 2.24. The number of H-pyrrole nitrogens is 1. The Balaban J connectivity index is 2.06. The predicted molar refractivity (Wildman–Crippen MR) is 47.1 cm³/mol. The number of aromatic amines is 1. The number of carbonyl (C=O) groups excluding carboxylic acids is 1. The molecule has 13 heavy (non-hydrogen) atoms. The van der Waals surface area contributed by atoms with E-state index in [0.717, 1.165) is 13.0 Å². The number of hydrogen-bond donors (Lipinski definition) is 2. The topological polar surface area (TPSA) is 75.0 Å². The van der Waals surface area contributed by atoms with Gasteiger partial charge in [0.2, 0.25) is 0 Å². The predicted octanol–water partition coefficient (Wildman–Crippen LogP) is -0.417. The molecule has 2 rings (SSSR count). The molecule has 1 fully saturated rings. The van der Waals surface area contributed by atoms with Crippen LogP contribution in [0.15, 0.2) is 12.5 Å². The molecule has 1 atom stereocenters. The molecule has 1 amide bonds. The first kappa shape index (κ1) is 8.25. The molecule has 0 bridgehead atoms. The summed E-state index contributed by atoms with van der Waals surface area (Å²) in [6.45, 7) is 1.40. The number of nitrogens with one attached hydrogen (secondary N) is 1. The van der Waals surface area contributed by atoms with Crippen molar-refractivity contribution >= 4 is 5.91 Å². The Morgan fingerprint density at radius 1 is 1.77 bits per heavy atom. The van der Waals surface area contributed by atoms with Crippen molar-refractivity contribution in [1.82, 2.24) is 14.9 Å². The first-order chi connectivity index (χ1) is 6.27. The Kier molecular flexibility index (Phi) is 2.02. The van der Waals surface area contributed by atoms with Crippen LogP contribution in [-0.2, 0) is 0 Å². The third-order valence-electron chi connectivity index (χ3n) is 2.24. The van der Waals surface area contributed by atoms with E-state index in [9.17, 15) is 4.79 Å². The van der Waals surface area contributed by atoms with Crippen LogP contribution in [0.4, 0.5) is 0 Å². The lowest BCUT2D eigenvalue weighted by atomic mass is 10.3. The first-order valence-corrected chi connectivity index (χ1v) is 4.30. The van der Waals surface area contributed by atoms with E-state index in [0.29, 0.717) is 12.2 Å². The Bertz CT molecular complexity index is 295. The molecule has 1 aromatic rings. The average Bonchev–Trinajstić information content (AvgIpc) is 2.72. The van der Waals surface area contributed by atoms with Gasteiger partial charge in [-0.25, -0.2) is 4.98 Å². The van der Waals surface area contributed by atoms with Gasteiger partial charge < -0.3 is 15.6 Å². The molecule has 0 saturated carbocycles. The monoisotopic (exact) mass is 180 g/mol. The van der Waals surface area contributed by atoms with Crippen LogP contribution in [0.25, 0.3) is 0 Å². The molecule has 1 aliphatic rings. The molecule has 5 heteroatoms. The second kappa shape index (κ2) is 3.18. The summed E-state index contributed by atoms with van der Waals surface area (Å²) in [5, 5.41) is 0. The lowest BCUT2D eigenvalue weighted by Gasteiger charge is -2.13. The highest BCUT2D eigenvalue weighted by Crippen LogP contribution is 2.10. The molecule has 1 saturated heterocycles. The number of nitrogens with zero attached hydrogens (tertiary/aromatic N) is 2. The summed E-state index contributed by atoms with van der Waals surface area (Å²) >= 11 is 0. The van der Waals surface area contributed by atoms with Gasteiger partial charge in [0.1, 0.15) is 5.69 Å². The Hall–Kier alpha value is -1.36. The van der Waals surface area contributed by atoms with Gasteiger partial charge in [0.25, 0.3) is 5.91 Å². The summed E-state index contributed by atoms with van der Waals surface area (Å²) < 4.78 is 0. The van der Waals surface area contributed by atoms with Gasteiger partial charge in [-0.05, 0) is 6.42 Å². The van der Waals surface area contributed by atoms with Crippen LogP contribution in [0.3, 0.4) is 0 Å². The fourth-order valence-electron chi connectivity index (χ4n) is 1.51. The van der Waals surface area contributed by atoms with Crippen LogP contribution in [0.2, 0.25) is 0 Å². The number of amides is 1. The summed E-state index contributed by atoms with van der Waals surface area (Å²) in [6, 6.07) is 0.131. The average molecular weight is 180 g/mol. The standard InChI is InChI=1S/C8H12N4O/c9-6-1-2-12(4-6)8(13)7-3-10-5-11-7/h3,5-6H,1-2,4,9H2,(H,10,11). The minimum Gasteiger partial charge on any atom is -0.341 e.